The van der Waals surface area contributed by atoms with Crippen LogP contribution >= 0.6 is 0 Å². The number of aryl methyl sites for hydroxylation is 1. The molecule has 0 bridgehead atoms. The Kier molecular flexibility index (Phi) is 5.19. The number of aromatic nitrogens is 3. The van der Waals surface area contributed by atoms with Gasteiger partial charge in [0.05, 0.1) is 17.9 Å². The average molecular weight is 278 g/mol. The molecule has 0 spiro atoms. The quantitative estimate of drug-likeness (QED) is 0.829. The number of nitrogens with one attached hydrogen (secondary N) is 1. The van der Waals surface area contributed by atoms with Crippen LogP contribution < -0.4 is 5.32 Å². The van der Waals surface area contributed by atoms with Crippen LogP contribution in [0.25, 0.3) is 0 Å². The predicted octanol–water partition coefficient (Wildman–Crippen LogP) is 3.56. The van der Waals surface area contributed by atoms with Gasteiger partial charge in [-0.2, -0.15) is 0 Å². The summed E-state index contributed by atoms with van der Waals surface area (Å²) in [4.78, 5) is 0. The highest BCUT2D eigenvalue weighted by Crippen LogP contribution is 2.48. The maximum atomic E-state index is 4.28. The fourth-order valence-corrected chi connectivity index (χ4v) is 3.62. The molecule has 0 aromatic carbocycles. The van der Waals surface area contributed by atoms with E-state index >= 15 is 0 Å². The second-order valence-corrected chi connectivity index (χ2v) is 6.80. The van der Waals surface area contributed by atoms with Gasteiger partial charge in [-0.05, 0) is 43.6 Å². The predicted molar refractivity (Wildman–Crippen MR) is 82.5 cm³/mol. The standard InChI is InChI=1S/C16H30N4/c1-5-10-17-15(13-8-7-9-16(13,3)4)14-12-18-19-20(14)11-6-2/h12-13,15,17H,5-11H2,1-4H3. The molecule has 0 aliphatic heterocycles. The van der Waals surface area contributed by atoms with Crippen LogP contribution in [0.1, 0.15) is 71.5 Å². The lowest BCUT2D eigenvalue weighted by atomic mass is 9.76. The van der Waals surface area contributed by atoms with Crippen molar-refractivity contribution in [3.8, 4) is 0 Å². The SMILES string of the molecule is CCCNC(c1cnnn1CCC)C1CCCC1(C)C. The van der Waals surface area contributed by atoms with E-state index < -0.39 is 0 Å². The van der Waals surface area contributed by atoms with E-state index in [-0.39, 0.29) is 0 Å². The van der Waals surface area contributed by atoms with Gasteiger partial charge in [0.25, 0.3) is 0 Å². The topological polar surface area (TPSA) is 42.7 Å². The Morgan fingerprint density at radius 1 is 1.40 bits per heavy atom. The molecular weight excluding hydrogens is 248 g/mol. The summed E-state index contributed by atoms with van der Waals surface area (Å²) >= 11 is 0. The summed E-state index contributed by atoms with van der Waals surface area (Å²) in [5, 5.41) is 12.2. The first kappa shape index (κ1) is 15.5. The van der Waals surface area contributed by atoms with Crippen molar-refractivity contribution in [1.82, 2.24) is 20.3 Å². The van der Waals surface area contributed by atoms with Crippen molar-refractivity contribution in [1.29, 1.82) is 0 Å². The van der Waals surface area contributed by atoms with Gasteiger partial charge in [-0.15, -0.1) is 5.10 Å². The molecule has 0 radical (unpaired) electrons. The van der Waals surface area contributed by atoms with Crippen molar-refractivity contribution in [2.24, 2.45) is 11.3 Å². The third-order valence-corrected chi connectivity index (χ3v) is 4.76. The molecule has 1 aromatic heterocycles. The van der Waals surface area contributed by atoms with Crippen LogP contribution in [0.2, 0.25) is 0 Å². The van der Waals surface area contributed by atoms with Crippen molar-refractivity contribution in [3.63, 3.8) is 0 Å². The summed E-state index contributed by atoms with van der Waals surface area (Å²) in [5.74, 6) is 0.683. The van der Waals surface area contributed by atoms with E-state index in [1.54, 1.807) is 0 Å². The smallest absolute Gasteiger partial charge is 0.0759 e. The number of rotatable bonds is 7. The van der Waals surface area contributed by atoms with Gasteiger partial charge in [0.15, 0.2) is 0 Å². The van der Waals surface area contributed by atoms with E-state index in [9.17, 15) is 0 Å². The van der Waals surface area contributed by atoms with Crippen molar-refractivity contribution < 1.29 is 0 Å². The fourth-order valence-electron chi connectivity index (χ4n) is 3.62. The van der Waals surface area contributed by atoms with Crippen LogP contribution in [-0.2, 0) is 6.54 Å². The highest BCUT2D eigenvalue weighted by atomic mass is 15.4. The number of hydrogen-bond donors (Lipinski definition) is 1. The number of nitrogens with zero attached hydrogens (tertiary/aromatic N) is 3. The average Bonchev–Trinajstić information content (AvgIpc) is 2.98. The highest BCUT2D eigenvalue weighted by molar-refractivity contribution is 5.08. The molecule has 4 heteroatoms. The van der Waals surface area contributed by atoms with E-state index in [0.29, 0.717) is 17.4 Å². The zero-order chi connectivity index (χ0) is 14.6. The molecule has 2 atom stereocenters. The van der Waals surface area contributed by atoms with Crippen molar-refractivity contribution in [2.75, 3.05) is 6.54 Å². The minimum absolute atomic E-state index is 0.397. The summed E-state index contributed by atoms with van der Waals surface area (Å²) in [6.07, 6.45) is 8.22. The Bertz CT molecular complexity index is 410. The molecule has 20 heavy (non-hydrogen) atoms. The third-order valence-electron chi connectivity index (χ3n) is 4.76. The minimum atomic E-state index is 0.397. The van der Waals surface area contributed by atoms with Gasteiger partial charge in [-0.3, -0.25) is 0 Å². The monoisotopic (exact) mass is 278 g/mol. The van der Waals surface area contributed by atoms with E-state index in [4.69, 9.17) is 0 Å². The zero-order valence-corrected chi connectivity index (χ0v) is 13.5. The summed E-state index contributed by atoms with van der Waals surface area (Å²) in [6, 6.07) is 0.397. The van der Waals surface area contributed by atoms with Crippen LogP contribution in [0, 0.1) is 11.3 Å². The second kappa shape index (κ2) is 6.70. The Labute approximate surface area is 123 Å². The van der Waals surface area contributed by atoms with Crippen LogP contribution in [0.5, 0.6) is 0 Å². The number of hydrogen-bond acceptors (Lipinski definition) is 3. The molecule has 1 fully saturated rings. The summed E-state index contributed by atoms with van der Waals surface area (Å²) < 4.78 is 2.10. The lowest BCUT2D eigenvalue weighted by molar-refractivity contribution is 0.191. The van der Waals surface area contributed by atoms with Crippen molar-refractivity contribution in [2.45, 2.75) is 72.4 Å². The van der Waals surface area contributed by atoms with Crippen molar-refractivity contribution >= 4 is 0 Å². The van der Waals surface area contributed by atoms with E-state index in [1.807, 2.05) is 6.20 Å². The maximum Gasteiger partial charge on any atom is 0.0759 e. The van der Waals surface area contributed by atoms with Gasteiger partial charge in [-0.25, -0.2) is 4.68 Å². The van der Waals surface area contributed by atoms with Crippen LogP contribution in [0.15, 0.2) is 6.20 Å². The van der Waals surface area contributed by atoms with Gasteiger partial charge in [-0.1, -0.05) is 39.3 Å². The fraction of sp³-hybridized carbons (Fsp3) is 0.875. The summed E-state index contributed by atoms with van der Waals surface area (Å²) in [6.45, 7) is 11.3. The van der Waals surface area contributed by atoms with Gasteiger partial charge < -0.3 is 5.32 Å². The van der Waals surface area contributed by atoms with Crippen LogP contribution in [0.3, 0.4) is 0 Å². The first-order chi connectivity index (χ1) is 9.60. The molecule has 114 valence electrons. The Hall–Kier alpha value is -0.900. The molecule has 1 heterocycles. The molecular formula is C16H30N4. The van der Waals surface area contributed by atoms with Crippen molar-refractivity contribution in [3.05, 3.63) is 11.9 Å². The summed E-state index contributed by atoms with van der Waals surface area (Å²) in [7, 11) is 0. The molecule has 2 rings (SSSR count). The molecule has 1 aliphatic carbocycles. The van der Waals surface area contributed by atoms with Gasteiger partial charge in [0.1, 0.15) is 0 Å². The van der Waals surface area contributed by atoms with Gasteiger partial charge >= 0.3 is 0 Å². The molecule has 1 saturated carbocycles. The van der Waals surface area contributed by atoms with Crippen LogP contribution in [-0.4, -0.2) is 21.5 Å². The first-order valence-corrected chi connectivity index (χ1v) is 8.22. The van der Waals surface area contributed by atoms with Gasteiger partial charge in [0.2, 0.25) is 0 Å². The summed E-state index contributed by atoms with van der Waals surface area (Å²) in [5.41, 5.74) is 1.69. The Morgan fingerprint density at radius 3 is 2.80 bits per heavy atom. The molecule has 4 nitrogen and oxygen atoms in total. The molecule has 0 amide bonds. The zero-order valence-electron chi connectivity index (χ0n) is 13.5. The Morgan fingerprint density at radius 2 is 2.20 bits per heavy atom. The lowest BCUT2D eigenvalue weighted by Gasteiger charge is -2.35. The molecule has 1 N–H and O–H groups in total. The van der Waals surface area contributed by atoms with Crippen LogP contribution in [0.4, 0.5) is 0 Å². The molecule has 1 aromatic rings. The van der Waals surface area contributed by atoms with Gasteiger partial charge in [0, 0.05) is 6.54 Å². The van der Waals surface area contributed by atoms with E-state index in [0.717, 1.165) is 19.5 Å². The largest absolute Gasteiger partial charge is 0.308 e. The molecule has 1 aliphatic rings. The normalized spacial score (nSPS) is 23.1. The van der Waals surface area contributed by atoms with E-state index in [1.165, 1.54) is 31.4 Å². The first-order valence-electron chi connectivity index (χ1n) is 8.22. The second-order valence-electron chi connectivity index (χ2n) is 6.80. The lowest BCUT2D eigenvalue weighted by Crippen LogP contribution is -2.35. The third kappa shape index (κ3) is 3.22. The Balaban J connectivity index is 2.24. The highest BCUT2D eigenvalue weighted by Gasteiger charge is 2.41. The molecule has 2 unspecified atom stereocenters. The van der Waals surface area contributed by atoms with E-state index in [2.05, 4.69) is 48.0 Å². The molecule has 0 saturated heterocycles. The maximum absolute atomic E-state index is 4.28. The minimum Gasteiger partial charge on any atom is -0.308 e.